The van der Waals surface area contributed by atoms with Crippen LogP contribution in [0.25, 0.3) is 0 Å². The molecule has 0 bridgehead atoms. The third kappa shape index (κ3) is 20.4. The predicted octanol–water partition coefficient (Wildman–Crippen LogP) is 6.41. The van der Waals surface area contributed by atoms with E-state index in [1.807, 2.05) is 73.2 Å². The number of nitrogens with zero attached hydrogens (tertiary/aromatic N) is 4. The number of nitrogens with one attached hydrogen (secondary N) is 4. The van der Waals surface area contributed by atoms with Gasteiger partial charge in [-0.2, -0.15) is 0 Å². The number of benzene rings is 2. The monoisotopic (exact) mass is 705 g/mol. The summed E-state index contributed by atoms with van der Waals surface area (Å²) in [6, 6.07) is 25.4. The topological polar surface area (TPSA) is 240 Å². The van der Waals surface area contributed by atoms with Gasteiger partial charge in [0.05, 0.1) is 10.2 Å². The summed E-state index contributed by atoms with van der Waals surface area (Å²) < 4.78 is 0. The molecule has 2 heterocycles. The maximum atomic E-state index is 11.7. The Labute approximate surface area is 276 Å². The summed E-state index contributed by atoms with van der Waals surface area (Å²) in [6.07, 6.45) is 7.24. The van der Waals surface area contributed by atoms with E-state index >= 15 is 0 Å². The van der Waals surface area contributed by atoms with Crippen LogP contribution in [-0.2, 0) is 17.1 Å². The van der Waals surface area contributed by atoms with Crippen molar-refractivity contribution in [2.75, 3.05) is 33.8 Å². The summed E-state index contributed by atoms with van der Waals surface area (Å²) >= 11 is 3.26. The minimum atomic E-state index is -1.75. The average Bonchev–Trinajstić information content (AvgIpc) is 2.98. The van der Waals surface area contributed by atoms with Crippen LogP contribution in [0.2, 0.25) is 0 Å². The van der Waals surface area contributed by atoms with E-state index in [4.69, 9.17) is 30.6 Å². The fourth-order valence-electron chi connectivity index (χ4n) is 2.83. The van der Waals surface area contributed by atoms with Crippen LogP contribution in [0.4, 0.5) is 32.6 Å². The molecule has 4 amide bonds. The van der Waals surface area contributed by atoms with E-state index in [1.54, 1.807) is 60.2 Å². The van der Waals surface area contributed by atoms with Gasteiger partial charge in [0.25, 0.3) is 0 Å². The molecule has 0 atom stereocenters. The summed E-state index contributed by atoms with van der Waals surface area (Å²) in [5.41, 5.74) is 1.52. The molecule has 0 saturated carbocycles. The molecule has 241 valence electrons. The molecule has 2 aromatic carbocycles. The number of anilines is 4. The molecule has 19 heteroatoms. The molecule has 0 aliphatic heterocycles. The van der Waals surface area contributed by atoms with Crippen LogP contribution < -0.4 is 21.3 Å². The fourth-order valence-corrected chi connectivity index (χ4v) is 3.75. The van der Waals surface area contributed by atoms with Crippen molar-refractivity contribution in [2.24, 2.45) is 0 Å². The van der Waals surface area contributed by atoms with E-state index in [0.29, 0.717) is 11.6 Å². The summed E-state index contributed by atoms with van der Waals surface area (Å²) in [4.78, 5) is 50.2. The molecule has 0 aliphatic rings. The SMILES string of the molecule is CSc1cccc(NC(=O)Nc2ccccn2)c1.CSc1cccc(NC(=O)Nc2ccccn2)c1.O=[N+]([O-])[O-].O=[N+]([O-])[O-].[Cu+2]. The second-order valence-corrected chi connectivity index (χ2v) is 9.26. The molecule has 2 aromatic heterocycles. The molecular formula is C26H26CuN8O8S2. The number of rotatable bonds is 6. The van der Waals surface area contributed by atoms with Crippen LogP contribution in [0.5, 0.6) is 0 Å². The standard InChI is InChI=1S/2C13H13N3OS.Cu.2NO3/c2*1-18-11-6-4-5-10(9-11)15-13(17)16-12-7-2-3-8-14-12;;2*2-1(3)4/h2*2-9H,1H3,(H2,14,15,16,17);;;/q;;+2;2*-1. The zero-order valence-corrected chi connectivity index (χ0v) is 26.0. The van der Waals surface area contributed by atoms with Crippen LogP contribution in [-0.4, -0.2) is 44.7 Å². The summed E-state index contributed by atoms with van der Waals surface area (Å²) in [6.45, 7) is 0. The van der Waals surface area contributed by atoms with E-state index in [2.05, 4.69) is 31.2 Å². The smallest absolute Gasteiger partial charge is 0.356 e. The Hall–Kier alpha value is -5.10. The Morgan fingerprint density at radius 2 is 0.956 bits per heavy atom. The molecule has 0 saturated heterocycles. The van der Waals surface area contributed by atoms with Crippen molar-refractivity contribution in [3.8, 4) is 0 Å². The molecule has 0 spiro atoms. The molecule has 0 aliphatic carbocycles. The maximum Gasteiger partial charge on any atom is 2.00 e. The largest absolute Gasteiger partial charge is 2.00 e. The molecule has 1 radical (unpaired) electrons. The quantitative estimate of drug-likeness (QED) is 0.0736. The first-order chi connectivity index (χ1) is 21.0. The molecule has 45 heavy (non-hydrogen) atoms. The van der Waals surface area contributed by atoms with Gasteiger partial charge >= 0.3 is 29.1 Å². The van der Waals surface area contributed by atoms with E-state index in [-0.39, 0.29) is 29.1 Å². The Morgan fingerprint density at radius 3 is 1.24 bits per heavy atom. The van der Waals surface area contributed by atoms with Crippen LogP contribution in [0.3, 0.4) is 0 Å². The second kappa shape index (κ2) is 23.4. The van der Waals surface area contributed by atoms with Crippen molar-refractivity contribution >= 4 is 58.6 Å². The van der Waals surface area contributed by atoms with Gasteiger partial charge in [-0.15, -0.1) is 23.5 Å². The summed E-state index contributed by atoms with van der Waals surface area (Å²) in [7, 11) is 0. The molecule has 4 rings (SSSR count). The zero-order valence-electron chi connectivity index (χ0n) is 23.4. The predicted molar refractivity (Wildman–Crippen MR) is 171 cm³/mol. The van der Waals surface area contributed by atoms with Gasteiger partial charge in [-0.1, -0.05) is 24.3 Å². The number of aromatic nitrogens is 2. The average molecular weight is 706 g/mol. The number of thioether (sulfide) groups is 2. The van der Waals surface area contributed by atoms with Gasteiger partial charge < -0.3 is 41.3 Å². The Bertz CT molecular complexity index is 1360. The number of pyridine rings is 2. The molecule has 16 nitrogen and oxygen atoms in total. The fraction of sp³-hybridized carbons (Fsp3) is 0.0769. The molecule has 4 aromatic rings. The van der Waals surface area contributed by atoms with Crippen molar-refractivity contribution in [3.63, 3.8) is 0 Å². The Morgan fingerprint density at radius 1 is 0.600 bits per heavy atom. The number of carbonyl (C=O) groups is 2. The van der Waals surface area contributed by atoms with Gasteiger partial charge in [-0.05, 0) is 73.2 Å². The first-order valence-electron chi connectivity index (χ1n) is 11.9. The first kappa shape index (κ1) is 39.9. The van der Waals surface area contributed by atoms with Gasteiger partial charge in [0.15, 0.2) is 0 Å². The molecule has 0 fully saturated rings. The number of amides is 4. The Balaban J connectivity index is 0.000000684. The maximum absolute atomic E-state index is 11.7. The van der Waals surface area contributed by atoms with Crippen LogP contribution >= 0.6 is 23.5 Å². The van der Waals surface area contributed by atoms with Crippen LogP contribution in [0.15, 0.2) is 107 Å². The van der Waals surface area contributed by atoms with E-state index in [1.165, 1.54) is 0 Å². The zero-order chi connectivity index (χ0) is 32.7. The summed E-state index contributed by atoms with van der Waals surface area (Å²) in [5.74, 6) is 1.05. The molecular weight excluding hydrogens is 680 g/mol. The van der Waals surface area contributed by atoms with Crippen LogP contribution in [0, 0.1) is 30.6 Å². The van der Waals surface area contributed by atoms with Gasteiger partial charge in [-0.3, -0.25) is 10.6 Å². The van der Waals surface area contributed by atoms with E-state index < -0.39 is 10.2 Å². The van der Waals surface area contributed by atoms with Crippen molar-refractivity contribution in [1.82, 2.24) is 9.97 Å². The summed E-state index contributed by atoms with van der Waals surface area (Å²) in [5, 5.41) is 40.3. The second-order valence-electron chi connectivity index (χ2n) is 7.50. The molecule has 0 unspecified atom stereocenters. The van der Waals surface area contributed by atoms with E-state index in [0.717, 1.165) is 21.2 Å². The number of carbonyl (C=O) groups excluding carboxylic acids is 2. The normalized spacial score (nSPS) is 8.93. The minimum absolute atomic E-state index is 0. The van der Waals surface area contributed by atoms with Gasteiger partial charge in [-0.25, -0.2) is 19.6 Å². The first-order valence-corrected chi connectivity index (χ1v) is 14.4. The van der Waals surface area contributed by atoms with Gasteiger partial charge in [0.2, 0.25) is 0 Å². The number of urea groups is 2. The molecule has 4 N–H and O–H groups in total. The van der Waals surface area contributed by atoms with Crippen molar-refractivity contribution in [2.45, 2.75) is 9.79 Å². The van der Waals surface area contributed by atoms with Gasteiger partial charge in [0, 0.05) is 33.6 Å². The van der Waals surface area contributed by atoms with Gasteiger partial charge in [0.1, 0.15) is 11.6 Å². The minimum Gasteiger partial charge on any atom is -0.356 e. The Kier molecular flexibility index (Phi) is 20.7. The van der Waals surface area contributed by atoms with Crippen molar-refractivity contribution < 1.29 is 36.8 Å². The number of hydrogen-bond acceptors (Lipinski definition) is 12. The van der Waals surface area contributed by atoms with E-state index in [9.17, 15) is 9.59 Å². The van der Waals surface area contributed by atoms with Crippen LogP contribution in [0.1, 0.15) is 0 Å². The van der Waals surface area contributed by atoms with Crippen molar-refractivity contribution in [3.05, 3.63) is 128 Å². The third-order valence-electron chi connectivity index (χ3n) is 4.47. The van der Waals surface area contributed by atoms with Crippen molar-refractivity contribution in [1.29, 1.82) is 0 Å². The number of hydrogen-bond donors (Lipinski definition) is 4. The third-order valence-corrected chi connectivity index (χ3v) is 5.92.